The minimum absolute atomic E-state index is 0.0730. The molecule has 0 fully saturated rings. The van der Waals surface area contributed by atoms with E-state index >= 15 is 0 Å². The Morgan fingerprint density at radius 3 is 1.27 bits per heavy atom. The molecule has 352 valence electrons. The van der Waals surface area contributed by atoms with Gasteiger partial charge in [-0.1, -0.05) is 243 Å². The van der Waals surface area contributed by atoms with Crippen molar-refractivity contribution < 1.29 is 24.5 Å². The normalized spacial score (nSPS) is 13.5. The minimum atomic E-state index is -0.787. The first kappa shape index (κ1) is 58.1. The SMILES string of the molecule is CCCCCCC/C=C/C=C/C=C/CCCCCCCC(=O)OC(CCCCCCCCCCCCCC)CC(=O)NC(CO)C(O)CCCCCCCCCCCCC. The van der Waals surface area contributed by atoms with Crippen LogP contribution in [0, 0.1) is 0 Å². The highest BCUT2D eigenvalue weighted by molar-refractivity contribution is 5.77. The van der Waals surface area contributed by atoms with Gasteiger partial charge in [-0.05, 0) is 51.4 Å². The minimum Gasteiger partial charge on any atom is -0.462 e. The second kappa shape index (κ2) is 48.1. The van der Waals surface area contributed by atoms with Crippen molar-refractivity contribution in [3.05, 3.63) is 36.5 Å². The van der Waals surface area contributed by atoms with Gasteiger partial charge in [-0.3, -0.25) is 9.59 Å². The highest BCUT2D eigenvalue weighted by atomic mass is 16.5. The number of hydrogen-bond acceptors (Lipinski definition) is 5. The van der Waals surface area contributed by atoms with Crippen LogP contribution >= 0.6 is 0 Å². The first-order chi connectivity index (χ1) is 29.5. The molecule has 0 rings (SSSR count). The Morgan fingerprint density at radius 2 is 0.850 bits per heavy atom. The second-order valence-corrected chi connectivity index (χ2v) is 18.0. The Morgan fingerprint density at radius 1 is 0.483 bits per heavy atom. The summed E-state index contributed by atoms with van der Waals surface area (Å²) in [5.74, 6) is -0.486. The van der Waals surface area contributed by atoms with Crippen molar-refractivity contribution in [2.24, 2.45) is 0 Å². The summed E-state index contributed by atoms with van der Waals surface area (Å²) < 4.78 is 5.93. The maximum absolute atomic E-state index is 13.2. The molecule has 0 aromatic carbocycles. The van der Waals surface area contributed by atoms with Gasteiger partial charge in [0.05, 0.1) is 25.2 Å². The fourth-order valence-corrected chi connectivity index (χ4v) is 8.02. The van der Waals surface area contributed by atoms with E-state index in [2.05, 4.69) is 62.5 Å². The van der Waals surface area contributed by atoms with E-state index in [1.165, 1.54) is 154 Å². The number of esters is 1. The fourth-order valence-electron chi connectivity index (χ4n) is 8.02. The zero-order chi connectivity index (χ0) is 43.8. The van der Waals surface area contributed by atoms with Crippen LogP contribution in [-0.4, -0.2) is 46.9 Å². The predicted molar refractivity (Wildman–Crippen MR) is 259 cm³/mol. The molecule has 0 aliphatic carbocycles. The molecule has 0 saturated carbocycles. The monoisotopic (exact) mass is 844 g/mol. The number of carbonyl (C=O) groups excluding carboxylic acids is 2. The molecule has 0 spiro atoms. The molecule has 0 bridgehead atoms. The van der Waals surface area contributed by atoms with Crippen LogP contribution in [0.2, 0.25) is 0 Å². The zero-order valence-corrected chi connectivity index (χ0v) is 40.1. The van der Waals surface area contributed by atoms with Gasteiger partial charge >= 0.3 is 5.97 Å². The van der Waals surface area contributed by atoms with Crippen LogP contribution in [0.5, 0.6) is 0 Å². The third kappa shape index (κ3) is 42.8. The fraction of sp³-hybridized carbons (Fsp3) is 0.852. The van der Waals surface area contributed by atoms with Crippen molar-refractivity contribution in [1.82, 2.24) is 5.32 Å². The molecule has 3 N–H and O–H groups in total. The van der Waals surface area contributed by atoms with Crippen molar-refractivity contribution in [1.29, 1.82) is 0 Å². The van der Waals surface area contributed by atoms with Crippen LogP contribution in [0.25, 0.3) is 0 Å². The second-order valence-electron chi connectivity index (χ2n) is 18.0. The third-order valence-corrected chi connectivity index (χ3v) is 12.0. The maximum Gasteiger partial charge on any atom is 0.306 e. The molecule has 3 atom stereocenters. The Hall–Kier alpha value is -1.92. The van der Waals surface area contributed by atoms with Crippen LogP contribution in [0.4, 0.5) is 0 Å². The third-order valence-electron chi connectivity index (χ3n) is 12.0. The van der Waals surface area contributed by atoms with E-state index in [4.69, 9.17) is 4.74 Å². The molecule has 60 heavy (non-hydrogen) atoms. The standard InChI is InChI=1S/C54H101NO5/c1-4-7-10-13-16-19-22-24-25-26-27-28-29-32-35-38-41-44-47-54(59)60-50(45-42-39-36-33-31-23-20-17-14-11-8-5-2)48-53(58)55-51(49-56)52(57)46-43-40-37-34-30-21-18-15-12-9-6-3/h22,24-28,50-52,56-57H,4-21,23,29-49H2,1-3H3,(H,55,58)/b24-22+,26-25+,28-27+. The van der Waals surface area contributed by atoms with E-state index in [-0.39, 0.29) is 24.9 Å². The summed E-state index contributed by atoms with van der Waals surface area (Å²) >= 11 is 0. The van der Waals surface area contributed by atoms with E-state index in [0.29, 0.717) is 19.3 Å². The molecule has 1 amide bonds. The Kier molecular flexibility index (Phi) is 46.6. The van der Waals surface area contributed by atoms with Crippen LogP contribution in [0.15, 0.2) is 36.5 Å². The lowest BCUT2D eigenvalue weighted by Gasteiger charge is -2.24. The van der Waals surface area contributed by atoms with Crippen molar-refractivity contribution in [2.45, 2.75) is 289 Å². The smallest absolute Gasteiger partial charge is 0.306 e. The molecule has 0 radical (unpaired) electrons. The first-order valence-electron chi connectivity index (χ1n) is 26.2. The molecule has 6 nitrogen and oxygen atoms in total. The summed E-state index contributed by atoms with van der Waals surface area (Å²) in [4.78, 5) is 26.1. The average Bonchev–Trinajstić information content (AvgIpc) is 3.24. The number of aliphatic hydroxyl groups excluding tert-OH is 2. The number of carbonyl (C=O) groups is 2. The molecule has 0 aliphatic heterocycles. The summed E-state index contributed by atoms with van der Waals surface area (Å²) in [5.41, 5.74) is 0. The van der Waals surface area contributed by atoms with Crippen LogP contribution in [0.1, 0.15) is 271 Å². The summed E-state index contributed by atoms with van der Waals surface area (Å²) in [7, 11) is 0. The van der Waals surface area contributed by atoms with Gasteiger partial charge in [0.2, 0.25) is 5.91 Å². The van der Waals surface area contributed by atoms with E-state index in [1.54, 1.807) is 0 Å². The van der Waals surface area contributed by atoms with Gasteiger partial charge in [0.15, 0.2) is 0 Å². The maximum atomic E-state index is 13.2. The number of allylic oxidation sites excluding steroid dienone is 6. The predicted octanol–water partition coefficient (Wildman–Crippen LogP) is 15.7. The number of aliphatic hydroxyl groups is 2. The lowest BCUT2D eigenvalue weighted by atomic mass is 10.0. The van der Waals surface area contributed by atoms with Gasteiger partial charge in [-0.15, -0.1) is 0 Å². The van der Waals surface area contributed by atoms with Gasteiger partial charge in [-0.2, -0.15) is 0 Å². The molecule has 6 heteroatoms. The summed E-state index contributed by atoms with van der Waals surface area (Å²) in [5, 5.41) is 23.7. The van der Waals surface area contributed by atoms with Crippen LogP contribution < -0.4 is 5.32 Å². The van der Waals surface area contributed by atoms with Crippen LogP contribution in [0.3, 0.4) is 0 Å². The largest absolute Gasteiger partial charge is 0.462 e. The van der Waals surface area contributed by atoms with E-state index in [0.717, 1.165) is 70.6 Å². The molecule has 0 aliphatic rings. The van der Waals surface area contributed by atoms with E-state index in [1.807, 2.05) is 0 Å². The molecular formula is C54H101NO5. The molecule has 0 aromatic heterocycles. The number of nitrogens with one attached hydrogen (secondary N) is 1. The number of unbranched alkanes of at least 4 members (excludes halogenated alkanes) is 31. The summed E-state index contributed by atoms with van der Waals surface area (Å²) in [6.07, 6.45) is 56.3. The van der Waals surface area contributed by atoms with Crippen molar-refractivity contribution in [3.8, 4) is 0 Å². The first-order valence-corrected chi connectivity index (χ1v) is 26.2. The van der Waals surface area contributed by atoms with Gasteiger partial charge in [-0.25, -0.2) is 0 Å². The van der Waals surface area contributed by atoms with Crippen molar-refractivity contribution >= 4 is 11.9 Å². The summed E-state index contributed by atoms with van der Waals surface area (Å²) in [6.45, 7) is 6.47. The molecule has 0 saturated heterocycles. The molecular weight excluding hydrogens is 743 g/mol. The zero-order valence-electron chi connectivity index (χ0n) is 40.1. The Bertz CT molecular complexity index is 993. The number of rotatable bonds is 47. The number of hydrogen-bond donors (Lipinski definition) is 3. The van der Waals surface area contributed by atoms with Gasteiger partial charge in [0, 0.05) is 6.42 Å². The quantitative estimate of drug-likeness (QED) is 0.0322. The lowest BCUT2D eigenvalue weighted by Crippen LogP contribution is -2.46. The van der Waals surface area contributed by atoms with Gasteiger partial charge in [0.25, 0.3) is 0 Å². The van der Waals surface area contributed by atoms with Crippen molar-refractivity contribution in [3.63, 3.8) is 0 Å². The van der Waals surface area contributed by atoms with Crippen LogP contribution in [-0.2, 0) is 14.3 Å². The summed E-state index contributed by atoms with van der Waals surface area (Å²) in [6, 6.07) is -0.701. The Labute approximate surface area is 373 Å². The average molecular weight is 844 g/mol. The molecule has 3 unspecified atom stereocenters. The van der Waals surface area contributed by atoms with Gasteiger partial charge < -0.3 is 20.3 Å². The van der Waals surface area contributed by atoms with Crippen molar-refractivity contribution in [2.75, 3.05) is 6.61 Å². The topological polar surface area (TPSA) is 95.9 Å². The Balaban J connectivity index is 4.56. The molecule has 0 heterocycles. The molecule has 0 aromatic rings. The number of ether oxygens (including phenoxy) is 1. The highest BCUT2D eigenvalue weighted by Gasteiger charge is 2.24. The number of amides is 1. The highest BCUT2D eigenvalue weighted by Crippen LogP contribution is 2.18. The van der Waals surface area contributed by atoms with E-state index in [9.17, 15) is 19.8 Å². The lowest BCUT2D eigenvalue weighted by molar-refractivity contribution is -0.151. The van der Waals surface area contributed by atoms with E-state index < -0.39 is 18.2 Å². The van der Waals surface area contributed by atoms with Gasteiger partial charge in [0.1, 0.15) is 6.10 Å².